The zero-order valence-corrected chi connectivity index (χ0v) is 5.06. The molecule has 2 heteroatoms. The maximum atomic E-state index is 8.18. The van der Waals surface area contributed by atoms with Gasteiger partial charge >= 0.3 is 0 Å². The molecule has 52 valence electrons. The van der Waals surface area contributed by atoms with Gasteiger partial charge in [0, 0.05) is 0 Å². The third-order valence-corrected chi connectivity index (χ3v) is 0.498. The highest BCUT2D eigenvalue weighted by atomic mass is 16.6. The molecule has 0 aromatic heterocycles. The fraction of sp³-hybridized carbons (Fsp3) is 1.00. The topological polar surface area (TPSA) is 29.5 Å². The van der Waals surface area contributed by atoms with Gasteiger partial charge in [-0.15, -0.1) is 0 Å². The summed E-state index contributed by atoms with van der Waals surface area (Å²) in [7, 11) is 0. The van der Waals surface area contributed by atoms with Crippen LogP contribution >= 0.6 is 0 Å². The number of ether oxygens (including phenoxy) is 1. The van der Waals surface area contributed by atoms with Gasteiger partial charge in [-0.1, -0.05) is 7.43 Å². The summed E-state index contributed by atoms with van der Waals surface area (Å²) >= 11 is 0. The van der Waals surface area contributed by atoms with Crippen LogP contribution in [0.3, 0.4) is 0 Å². The van der Waals surface area contributed by atoms with E-state index in [1.54, 1.807) is 0 Å². The minimum Gasteiger partial charge on any atom is -0.371 e. The van der Waals surface area contributed by atoms with Gasteiger partial charge in [0.1, 0.15) is 6.79 Å². The van der Waals surface area contributed by atoms with Crippen LogP contribution in [-0.4, -0.2) is 17.5 Å². The lowest BCUT2D eigenvalue weighted by Gasteiger charge is -2.16. The first-order valence-corrected chi connectivity index (χ1v) is 2.31. The van der Waals surface area contributed by atoms with E-state index >= 15 is 0 Å². The summed E-state index contributed by atoms with van der Waals surface area (Å²) in [5.41, 5.74) is -0.200. The van der Waals surface area contributed by atoms with E-state index < -0.39 is 0 Å². The first-order valence-electron chi connectivity index (χ1n) is 2.31. The van der Waals surface area contributed by atoms with E-state index in [0.717, 1.165) is 0 Å². The van der Waals surface area contributed by atoms with E-state index in [1.165, 1.54) is 0 Å². The summed E-state index contributed by atoms with van der Waals surface area (Å²) in [5.74, 6) is 0. The van der Waals surface area contributed by atoms with Crippen LogP contribution in [0.4, 0.5) is 0 Å². The maximum Gasteiger partial charge on any atom is 0.144 e. The predicted octanol–water partition coefficient (Wildman–Crippen LogP) is 1.39. The molecule has 0 unspecified atom stereocenters. The molecule has 8 heavy (non-hydrogen) atoms. The molecule has 0 heterocycles. The first-order chi connectivity index (χ1) is 3.06. The van der Waals surface area contributed by atoms with Gasteiger partial charge in [-0.05, 0) is 20.8 Å². The highest BCUT2D eigenvalue weighted by molar-refractivity contribution is 4.55. The number of hydrogen-bond acceptors (Lipinski definition) is 2. The molecule has 0 amide bonds. The van der Waals surface area contributed by atoms with Gasteiger partial charge in [0.15, 0.2) is 0 Å². The number of aliphatic hydroxyl groups excluding tert-OH is 1. The fourth-order valence-electron chi connectivity index (χ4n) is 0.194. The molecule has 0 aliphatic rings. The average molecular weight is 120 g/mol. The van der Waals surface area contributed by atoms with Crippen LogP contribution in [0, 0.1) is 0 Å². The SMILES string of the molecule is C.CC(C)(C)OCO. The van der Waals surface area contributed by atoms with Crippen LogP contribution in [0.2, 0.25) is 0 Å². The number of rotatable bonds is 1. The zero-order valence-electron chi connectivity index (χ0n) is 5.06. The van der Waals surface area contributed by atoms with Crippen molar-refractivity contribution in [3.8, 4) is 0 Å². The molecule has 1 N–H and O–H groups in total. The number of aliphatic hydroxyl groups is 1. The summed E-state index contributed by atoms with van der Waals surface area (Å²) in [5, 5.41) is 8.18. The normalized spacial score (nSPS) is 10.5. The lowest BCUT2D eigenvalue weighted by molar-refractivity contribution is -0.0877. The molecule has 0 fully saturated rings. The molecule has 0 atom stereocenters. The molecular weight excluding hydrogens is 104 g/mol. The van der Waals surface area contributed by atoms with E-state index in [0.29, 0.717) is 0 Å². The zero-order chi connectivity index (χ0) is 5.91. The largest absolute Gasteiger partial charge is 0.371 e. The highest BCUT2D eigenvalue weighted by Crippen LogP contribution is 2.03. The molecule has 2 nitrogen and oxygen atoms in total. The summed E-state index contributed by atoms with van der Waals surface area (Å²) in [6.45, 7) is 5.49. The summed E-state index contributed by atoms with van der Waals surface area (Å²) in [6.07, 6.45) is 0. The molecular formula is C6H16O2. The fourth-order valence-corrected chi connectivity index (χ4v) is 0.194. The van der Waals surface area contributed by atoms with Crippen molar-refractivity contribution in [1.82, 2.24) is 0 Å². The van der Waals surface area contributed by atoms with E-state index in [-0.39, 0.29) is 19.8 Å². The van der Waals surface area contributed by atoms with Crippen molar-refractivity contribution in [3.05, 3.63) is 0 Å². The van der Waals surface area contributed by atoms with Gasteiger partial charge in [-0.3, -0.25) is 0 Å². The lowest BCUT2D eigenvalue weighted by Crippen LogP contribution is -2.19. The van der Waals surface area contributed by atoms with Crippen LogP contribution in [0.25, 0.3) is 0 Å². The van der Waals surface area contributed by atoms with Gasteiger partial charge in [0.05, 0.1) is 5.60 Å². The number of hydrogen-bond donors (Lipinski definition) is 1. The molecule has 0 aliphatic carbocycles. The summed E-state index contributed by atoms with van der Waals surface area (Å²) in [6, 6.07) is 0. The van der Waals surface area contributed by atoms with Crippen molar-refractivity contribution in [2.45, 2.75) is 33.8 Å². The Morgan fingerprint density at radius 1 is 1.38 bits per heavy atom. The molecule has 0 saturated heterocycles. The first kappa shape index (κ1) is 10.8. The Bertz CT molecular complexity index is 45.0. The molecule has 0 aliphatic heterocycles. The van der Waals surface area contributed by atoms with Gasteiger partial charge in [-0.2, -0.15) is 0 Å². The molecule has 0 rings (SSSR count). The molecule has 0 saturated carbocycles. The molecule has 0 aromatic carbocycles. The van der Waals surface area contributed by atoms with Crippen molar-refractivity contribution >= 4 is 0 Å². The van der Waals surface area contributed by atoms with E-state index in [4.69, 9.17) is 9.84 Å². The van der Waals surface area contributed by atoms with Gasteiger partial charge in [0.2, 0.25) is 0 Å². The van der Waals surface area contributed by atoms with Crippen molar-refractivity contribution in [2.24, 2.45) is 0 Å². The Balaban J connectivity index is 0. The Labute approximate surface area is 51.5 Å². The molecule has 0 aromatic rings. The quantitative estimate of drug-likeness (QED) is 0.530. The minimum absolute atomic E-state index is 0. The second kappa shape index (κ2) is 3.87. The van der Waals surface area contributed by atoms with Crippen LogP contribution in [-0.2, 0) is 4.74 Å². The Hall–Kier alpha value is -0.0800. The Morgan fingerprint density at radius 3 is 1.75 bits per heavy atom. The van der Waals surface area contributed by atoms with Crippen LogP contribution in [0.5, 0.6) is 0 Å². The Kier molecular flexibility index (Phi) is 5.23. The lowest BCUT2D eigenvalue weighted by atomic mass is 10.2. The Morgan fingerprint density at radius 2 is 1.75 bits per heavy atom. The standard InChI is InChI=1S/C5H12O2.CH4/c1-5(2,3)7-4-6;/h6H,4H2,1-3H3;1H4. The maximum absolute atomic E-state index is 8.18. The minimum atomic E-state index is -0.200. The van der Waals surface area contributed by atoms with Gasteiger partial charge < -0.3 is 9.84 Å². The molecule has 0 radical (unpaired) electrons. The van der Waals surface area contributed by atoms with Crippen molar-refractivity contribution in [3.63, 3.8) is 0 Å². The van der Waals surface area contributed by atoms with E-state index in [9.17, 15) is 0 Å². The average Bonchev–Trinajstić information content (AvgIpc) is 1.30. The third kappa shape index (κ3) is 9.33. The molecule has 0 bridgehead atoms. The van der Waals surface area contributed by atoms with Gasteiger partial charge in [0.25, 0.3) is 0 Å². The van der Waals surface area contributed by atoms with Crippen LogP contribution in [0.15, 0.2) is 0 Å². The van der Waals surface area contributed by atoms with E-state index in [2.05, 4.69) is 0 Å². The second-order valence-electron chi connectivity index (χ2n) is 2.39. The highest BCUT2D eigenvalue weighted by Gasteiger charge is 2.07. The van der Waals surface area contributed by atoms with Gasteiger partial charge in [-0.25, -0.2) is 0 Å². The van der Waals surface area contributed by atoms with Crippen LogP contribution in [0.1, 0.15) is 28.2 Å². The summed E-state index contributed by atoms with van der Waals surface area (Å²) in [4.78, 5) is 0. The summed E-state index contributed by atoms with van der Waals surface area (Å²) < 4.78 is 4.78. The molecule has 0 spiro atoms. The van der Waals surface area contributed by atoms with Crippen molar-refractivity contribution < 1.29 is 9.84 Å². The second-order valence-corrected chi connectivity index (χ2v) is 2.39. The predicted molar refractivity (Wildman–Crippen MR) is 34.7 cm³/mol. The van der Waals surface area contributed by atoms with E-state index in [1.807, 2.05) is 20.8 Å². The van der Waals surface area contributed by atoms with Crippen molar-refractivity contribution in [1.29, 1.82) is 0 Å². The third-order valence-electron chi connectivity index (χ3n) is 0.498. The smallest absolute Gasteiger partial charge is 0.144 e. The monoisotopic (exact) mass is 120 g/mol. The van der Waals surface area contributed by atoms with Crippen molar-refractivity contribution in [2.75, 3.05) is 6.79 Å². The van der Waals surface area contributed by atoms with Crippen LogP contribution < -0.4 is 0 Å².